The first-order valence-corrected chi connectivity index (χ1v) is 11.1. The molecule has 1 aliphatic heterocycles. The zero-order valence-corrected chi connectivity index (χ0v) is 18.2. The lowest BCUT2D eigenvalue weighted by molar-refractivity contribution is -0.136. The zero-order valence-electron chi connectivity index (χ0n) is 18.2. The number of nitrogens with one attached hydrogen (secondary N) is 3. The summed E-state index contributed by atoms with van der Waals surface area (Å²) in [5, 5.41) is 6.47. The summed E-state index contributed by atoms with van der Waals surface area (Å²) in [4.78, 5) is 43.0. The van der Waals surface area contributed by atoms with Gasteiger partial charge in [0.1, 0.15) is 0 Å². The van der Waals surface area contributed by atoms with Crippen LogP contribution in [-0.2, 0) is 16.0 Å². The average Bonchev–Trinajstić information content (AvgIpc) is 3.22. The number of carbonyl (C=O) groups excluding carboxylic acids is 3. The van der Waals surface area contributed by atoms with Gasteiger partial charge in [-0.2, -0.15) is 0 Å². The van der Waals surface area contributed by atoms with E-state index in [1.807, 2.05) is 37.4 Å². The Morgan fingerprint density at radius 2 is 1.69 bits per heavy atom. The van der Waals surface area contributed by atoms with Crippen LogP contribution < -0.4 is 10.6 Å². The summed E-state index contributed by atoms with van der Waals surface area (Å²) in [5.74, 6) is -1.62. The molecule has 1 aliphatic rings. The van der Waals surface area contributed by atoms with Crippen molar-refractivity contribution in [3.63, 3.8) is 0 Å². The molecule has 32 heavy (non-hydrogen) atoms. The van der Waals surface area contributed by atoms with Crippen LogP contribution in [0, 0.1) is 0 Å². The molecule has 0 radical (unpaired) electrons. The predicted octanol–water partition coefficient (Wildman–Crippen LogP) is 3.48. The molecule has 1 saturated heterocycles. The Kier molecular flexibility index (Phi) is 6.54. The van der Waals surface area contributed by atoms with Gasteiger partial charge in [-0.3, -0.25) is 14.4 Å². The quantitative estimate of drug-likeness (QED) is 0.539. The monoisotopic (exact) mass is 432 g/mol. The number of fused-ring (bicyclic) bond motifs is 1. The molecule has 3 aromatic rings. The van der Waals surface area contributed by atoms with Crippen molar-refractivity contribution in [2.45, 2.75) is 38.6 Å². The van der Waals surface area contributed by atoms with Gasteiger partial charge in [0.2, 0.25) is 0 Å². The summed E-state index contributed by atoms with van der Waals surface area (Å²) in [6.07, 6.45) is 5.61. The molecule has 0 aliphatic carbocycles. The number of likely N-dealkylation sites (tertiary alicyclic amines) is 1. The number of H-pyrrole nitrogens is 1. The van der Waals surface area contributed by atoms with Crippen LogP contribution >= 0.6 is 0 Å². The van der Waals surface area contributed by atoms with Crippen molar-refractivity contribution in [3.8, 4) is 0 Å². The molecule has 3 amide bonds. The second-order valence-corrected chi connectivity index (χ2v) is 8.29. The fourth-order valence-electron chi connectivity index (χ4n) is 4.20. The highest BCUT2D eigenvalue weighted by Crippen LogP contribution is 2.21. The second kappa shape index (κ2) is 9.68. The third-order valence-corrected chi connectivity index (χ3v) is 5.83. The molecule has 7 heteroatoms. The molecule has 7 nitrogen and oxygen atoms in total. The van der Waals surface area contributed by atoms with Crippen LogP contribution in [0.2, 0.25) is 0 Å². The Balaban J connectivity index is 1.38. The van der Waals surface area contributed by atoms with Crippen LogP contribution in [0.3, 0.4) is 0 Å². The summed E-state index contributed by atoms with van der Waals surface area (Å²) in [6.45, 7) is 3.29. The number of benzene rings is 2. The highest BCUT2D eigenvalue weighted by Gasteiger charge is 2.23. The topological polar surface area (TPSA) is 94.3 Å². The minimum Gasteiger partial charge on any atom is -0.361 e. The highest BCUT2D eigenvalue weighted by atomic mass is 16.2. The number of para-hydroxylation sites is 2. The van der Waals surface area contributed by atoms with Gasteiger partial charge in [0.15, 0.2) is 0 Å². The van der Waals surface area contributed by atoms with Crippen LogP contribution in [0.15, 0.2) is 54.7 Å². The standard InChI is InChI=1S/C25H28N4O3/c1-17(15-18-16-26-21-11-5-3-9-19(18)21)27-23(30)24(31)28-22-12-6-4-10-20(22)25(32)29-13-7-2-8-14-29/h3-6,9-12,16-17,26H,2,7-8,13-15H2,1H3,(H,27,30)(H,28,31)/t17-/m0/s1. The molecule has 0 spiro atoms. The third kappa shape index (κ3) is 4.82. The van der Waals surface area contributed by atoms with E-state index in [0.29, 0.717) is 30.8 Å². The van der Waals surface area contributed by atoms with E-state index in [0.717, 1.165) is 35.7 Å². The molecule has 1 atom stereocenters. The number of aromatic nitrogens is 1. The van der Waals surface area contributed by atoms with E-state index in [2.05, 4.69) is 15.6 Å². The number of nitrogens with zero attached hydrogens (tertiary/aromatic N) is 1. The molecule has 1 fully saturated rings. The number of carbonyl (C=O) groups is 3. The summed E-state index contributed by atoms with van der Waals surface area (Å²) in [7, 11) is 0. The van der Waals surface area contributed by atoms with E-state index in [1.54, 1.807) is 29.2 Å². The van der Waals surface area contributed by atoms with Gasteiger partial charge >= 0.3 is 11.8 Å². The van der Waals surface area contributed by atoms with E-state index in [1.165, 1.54) is 0 Å². The lowest BCUT2D eigenvalue weighted by atomic mass is 10.1. The fraction of sp³-hybridized carbons (Fsp3) is 0.320. The Labute approximate surface area is 187 Å². The molecule has 2 aromatic carbocycles. The van der Waals surface area contributed by atoms with Crippen molar-refractivity contribution in [1.82, 2.24) is 15.2 Å². The smallest absolute Gasteiger partial charge is 0.313 e. The minimum absolute atomic E-state index is 0.117. The molecule has 0 saturated carbocycles. The first-order valence-electron chi connectivity index (χ1n) is 11.1. The van der Waals surface area contributed by atoms with Crippen molar-refractivity contribution < 1.29 is 14.4 Å². The lowest BCUT2D eigenvalue weighted by Crippen LogP contribution is -2.42. The van der Waals surface area contributed by atoms with Crippen LogP contribution in [0.1, 0.15) is 42.1 Å². The summed E-state index contributed by atoms with van der Waals surface area (Å²) < 4.78 is 0. The van der Waals surface area contributed by atoms with Gasteiger partial charge in [-0.25, -0.2) is 0 Å². The van der Waals surface area contributed by atoms with Crippen molar-refractivity contribution in [3.05, 3.63) is 65.9 Å². The lowest BCUT2D eigenvalue weighted by Gasteiger charge is -2.27. The maximum Gasteiger partial charge on any atom is 0.313 e. The number of hydrogen-bond donors (Lipinski definition) is 3. The van der Waals surface area contributed by atoms with Crippen molar-refractivity contribution >= 4 is 34.3 Å². The predicted molar refractivity (Wildman–Crippen MR) is 124 cm³/mol. The molecule has 1 aromatic heterocycles. The van der Waals surface area contributed by atoms with Gasteiger partial charge in [0, 0.05) is 36.2 Å². The van der Waals surface area contributed by atoms with E-state index >= 15 is 0 Å². The van der Waals surface area contributed by atoms with Crippen LogP contribution in [0.4, 0.5) is 5.69 Å². The van der Waals surface area contributed by atoms with Crippen LogP contribution in [-0.4, -0.2) is 46.7 Å². The van der Waals surface area contributed by atoms with E-state index < -0.39 is 11.8 Å². The number of anilines is 1. The van der Waals surface area contributed by atoms with Gasteiger partial charge < -0.3 is 20.5 Å². The molecular weight excluding hydrogens is 404 g/mol. The summed E-state index contributed by atoms with van der Waals surface area (Å²) >= 11 is 0. The number of hydrogen-bond acceptors (Lipinski definition) is 3. The molecular formula is C25H28N4O3. The number of aromatic amines is 1. The van der Waals surface area contributed by atoms with Crippen molar-refractivity contribution in [1.29, 1.82) is 0 Å². The summed E-state index contributed by atoms with van der Waals surface area (Å²) in [5.41, 5.74) is 2.87. The van der Waals surface area contributed by atoms with Crippen molar-refractivity contribution in [2.75, 3.05) is 18.4 Å². The molecule has 3 N–H and O–H groups in total. The maximum atomic E-state index is 12.9. The maximum absolute atomic E-state index is 12.9. The molecule has 166 valence electrons. The van der Waals surface area contributed by atoms with E-state index in [9.17, 15) is 14.4 Å². The fourth-order valence-corrected chi connectivity index (χ4v) is 4.20. The number of piperidine rings is 1. The zero-order chi connectivity index (χ0) is 22.5. The van der Waals surface area contributed by atoms with Gasteiger partial charge in [-0.05, 0) is 56.4 Å². The Morgan fingerprint density at radius 1 is 0.969 bits per heavy atom. The minimum atomic E-state index is -0.783. The van der Waals surface area contributed by atoms with Gasteiger partial charge in [-0.15, -0.1) is 0 Å². The van der Waals surface area contributed by atoms with Gasteiger partial charge in [0.25, 0.3) is 5.91 Å². The second-order valence-electron chi connectivity index (χ2n) is 8.29. The van der Waals surface area contributed by atoms with Gasteiger partial charge in [-0.1, -0.05) is 30.3 Å². The summed E-state index contributed by atoms with van der Waals surface area (Å²) in [6, 6.07) is 14.6. The Morgan fingerprint density at radius 3 is 2.50 bits per heavy atom. The number of amides is 3. The first-order chi connectivity index (χ1) is 15.5. The van der Waals surface area contributed by atoms with Crippen molar-refractivity contribution in [2.24, 2.45) is 0 Å². The van der Waals surface area contributed by atoms with Crippen LogP contribution in [0.25, 0.3) is 10.9 Å². The average molecular weight is 433 g/mol. The van der Waals surface area contributed by atoms with E-state index in [4.69, 9.17) is 0 Å². The molecule has 2 heterocycles. The Hall–Kier alpha value is -3.61. The SMILES string of the molecule is C[C@@H](Cc1c[nH]c2ccccc12)NC(=O)C(=O)Nc1ccccc1C(=O)N1CCCCC1. The molecule has 0 bridgehead atoms. The number of rotatable bonds is 5. The molecule has 4 rings (SSSR count). The third-order valence-electron chi connectivity index (χ3n) is 5.83. The highest BCUT2D eigenvalue weighted by molar-refractivity contribution is 6.40. The largest absolute Gasteiger partial charge is 0.361 e. The van der Waals surface area contributed by atoms with Crippen LogP contribution in [0.5, 0.6) is 0 Å². The molecule has 0 unspecified atom stereocenters. The normalized spacial score (nSPS) is 14.7. The van der Waals surface area contributed by atoms with Gasteiger partial charge in [0.05, 0.1) is 11.3 Å². The first kappa shape index (κ1) is 21.6. The van der Waals surface area contributed by atoms with E-state index in [-0.39, 0.29) is 11.9 Å². The Bertz CT molecular complexity index is 1130.